The summed E-state index contributed by atoms with van der Waals surface area (Å²) >= 11 is 1.99. The van der Waals surface area contributed by atoms with Crippen molar-refractivity contribution in [3.8, 4) is 0 Å². The lowest BCUT2D eigenvalue weighted by Crippen LogP contribution is -2.32. The Morgan fingerprint density at radius 3 is 2.68 bits per heavy atom. The van der Waals surface area contributed by atoms with E-state index < -0.39 is 22.8 Å². The van der Waals surface area contributed by atoms with Crippen LogP contribution in [0.5, 0.6) is 0 Å². The largest absolute Gasteiger partial charge is 0.478 e. The van der Waals surface area contributed by atoms with Crippen LogP contribution in [0.25, 0.3) is 0 Å². The number of rotatable bonds is 5. The lowest BCUT2D eigenvalue weighted by molar-refractivity contribution is 0.0698. The highest BCUT2D eigenvalue weighted by atomic mass is 127. The summed E-state index contributed by atoms with van der Waals surface area (Å²) in [5.74, 6) is -0.755. The SMILES string of the molecule is CS(=O)CCNC(=O)Nc1ccc(I)cc1C(=O)O. The molecule has 0 saturated heterocycles. The van der Waals surface area contributed by atoms with Crippen LogP contribution in [-0.4, -0.2) is 39.9 Å². The normalized spacial score (nSPS) is 11.7. The van der Waals surface area contributed by atoms with Crippen LogP contribution in [0, 0.1) is 3.57 Å². The number of carbonyl (C=O) groups is 2. The van der Waals surface area contributed by atoms with Crippen LogP contribution in [0.15, 0.2) is 18.2 Å². The van der Waals surface area contributed by atoms with Crippen molar-refractivity contribution in [3.63, 3.8) is 0 Å². The Labute approximate surface area is 126 Å². The standard InChI is InChI=1S/C11H13IN2O4S/c1-19(18)5-4-13-11(17)14-9-3-2-7(12)6-8(9)10(15)16/h2-3,6H,4-5H2,1H3,(H,15,16)(H2,13,14,17). The Hall–Kier alpha value is -1.16. The average molecular weight is 396 g/mol. The topological polar surface area (TPSA) is 95.5 Å². The van der Waals surface area contributed by atoms with Gasteiger partial charge in [-0.1, -0.05) is 0 Å². The first-order valence-electron chi connectivity index (χ1n) is 5.28. The Bertz CT molecular complexity index is 521. The van der Waals surface area contributed by atoms with E-state index in [0.29, 0.717) is 5.75 Å². The number of aromatic carboxylic acids is 1. The number of halogens is 1. The Morgan fingerprint density at radius 2 is 2.11 bits per heavy atom. The maximum absolute atomic E-state index is 11.5. The van der Waals surface area contributed by atoms with Gasteiger partial charge in [-0.2, -0.15) is 0 Å². The molecule has 0 aliphatic rings. The summed E-state index contributed by atoms with van der Waals surface area (Å²) in [5.41, 5.74) is 0.254. The van der Waals surface area contributed by atoms with E-state index in [1.165, 1.54) is 12.1 Å². The summed E-state index contributed by atoms with van der Waals surface area (Å²) in [6.45, 7) is 0.266. The molecule has 0 spiro atoms. The van der Waals surface area contributed by atoms with E-state index in [0.717, 1.165) is 3.57 Å². The van der Waals surface area contributed by atoms with Crippen molar-refractivity contribution in [2.75, 3.05) is 23.9 Å². The maximum atomic E-state index is 11.5. The van der Waals surface area contributed by atoms with Crippen LogP contribution >= 0.6 is 22.6 Å². The Morgan fingerprint density at radius 1 is 1.42 bits per heavy atom. The molecule has 1 rings (SSSR count). The molecule has 104 valence electrons. The van der Waals surface area contributed by atoms with Gasteiger partial charge in [0.25, 0.3) is 0 Å². The van der Waals surface area contributed by atoms with Crippen molar-refractivity contribution in [1.82, 2.24) is 5.32 Å². The monoisotopic (exact) mass is 396 g/mol. The minimum Gasteiger partial charge on any atom is -0.478 e. The molecule has 0 aromatic heterocycles. The second kappa shape index (κ2) is 7.43. The van der Waals surface area contributed by atoms with Gasteiger partial charge in [0.05, 0.1) is 11.3 Å². The van der Waals surface area contributed by atoms with E-state index in [1.54, 1.807) is 12.3 Å². The number of anilines is 1. The summed E-state index contributed by atoms with van der Waals surface area (Å²) in [7, 11) is -0.981. The minimum atomic E-state index is -1.11. The van der Waals surface area contributed by atoms with Crippen molar-refractivity contribution >= 4 is 51.1 Å². The van der Waals surface area contributed by atoms with Crippen LogP contribution in [0.1, 0.15) is 10.4 Å². The Balaban J connectivity index is 2.68. The summed E-state index contributed by atoms with van der Waals surface area (Å²) in [5, 5.41) is 14.0. The third-order valence-electron chi connectivity index (χ3n) is 2.14. The number of nitrogens with one attached hydrogen (secondary N) is 2. The van der Waals surface area contributed by atoms with Crippen molar-refractivity contribution in [2.24, 2.45) is 0 Å². The molecule has 1 aromatic rings. The zero-order valence-electron chi connectivity index (χ0n) is 10.1. The molecule has 1 unspecified atom stereocenters. The maximum Gasteiger partial charge on any atom is 0.337 e. The van der Waals surface area contributed by atoms with Gasteiger partial charge in [-0.25, -0.2) is 9.59 Å². The highest BCUT2D eigenvalue weighted by Gasteiger charge is 2.12. The number of carbonyl (C=O) groups excluding carboxylic acids is 1. The fraction of sp³-hybridized carbons (Fsp3) is 0.273. The van der Waals surface area contributed by atoms with Gasteiger partial charge in [0, 0.05) is 32.9 Å². The Kier molecular flexibility index (Phi) is 6.22. The number of carboxylic acid groups (broad SMARTS) is 1. The highest BCUT2D eigenvalue weighted by molar-refractivity contribution is 14.1. The number of benzene rings is 1. The zero-order chi connectivity index (χ0) is 14.4. The van der Waals surface area contributed by atoms with Crippen molar-refractivity contribution < 1.29 is 18.9 Å². The molecule has 0 aliphatic heterocycles. The molecule has 1 aromatic carbocycles. The molecular formula is C11H13IN2O4S. The second-order valence-corrected chi connectivity index (χ2v) is 6.45. The lowest BCUT2D eigenvalue weighted by atomic mass is 10.2. The van der Waals surface area contributed by atoms with Crippen LogP contribution < -0.4 is 10.6 Å². The zero-order valence-corrected chi connectivity index (χ0v) is 13.1. The van der Waals surface area contributed by atoms with Crippen molar-refractivity contribution in [3.05, 3.63) is 27.3 Å². The van der Waals surface area contributed by atoms with Gasteiger partial charge < -0.3 is 15.7 Å². The van der Waals surface area contributed by atoms with Crippen LogP contribution in [0.3, 0.4) is 0 Å². The number of hydrogen-bond donors (Lipinski definition) is 3. The molecule has 8 heteroatoms. The van der Waals surface area contributed by atoms with Crippen molar-refractivity contribution in [1.29, 1.82) is 0 Å². The number of urea groups is 1. The van der Waals surface area contributed by atoms with Gasteiger partial charge in [0.15, 0.2) is 0 Å². The molecule has 0 fully saturated rings. The minimum absolute atomic E-state index is 0.0288. The van der Waals surface area contributed by atoms with Gasteiger partial charge in [-0.3, -0.25) is 4.21 Å². The third-order valence-corrected chi connectivity index (χ3v) is 3.59. The third kappa shape index (κ3) is 5.55. The fourth-order valence-electron chi connectivity index (χ4n) is 1.28. The van der Waals surface area contributed by atoms with E-state index in [9.17, 15) is 13.8 Å². The number of amides is 2. The van der Waals surface area contributed by atoms with Gasteiger partial charge in [-0.15, -0.1) is 0 Å². The predicted molar refractivity (Wildman–Crippen MR) is 82.1 cm³/mol. The number of carboxylic acids is 1. The summed E-state index contributed by atoms with van der Waals surface area (Å²) in [6.07, 6.45) is 1.54. The fourth-order valence-corrected chi connectivity index (χ4v) is 2.16. The van der Waals surface area contributed by atoms with Crippen molar-refractivity contribution in [2.45, 2.75) is 0 Å². The molecular weight excluding hydrogens is 383 g/mol. The van der Waals surface area contributed by atoms with Gasteiger partial charge in [-0.05, 0) is 40.8 Å². The molecule has 0 bridgehead atoms. The molecule has 2 amide bonds. The van der Waals surface area contributed by atoms with E-state index in [4.69, 9.17) is 5.11 Å². The quantitative estimate of drug-likeness (QED) is 0.658. The lowest BCUT2D eigenvalue weighted by Gasteiger charge is -2.09. The van der Waals surface area contributed by atoms with Gasteiger partial charge in [0.1, 0.15) is 0 Å². The average Bonchev–Trinajstić information content (AvgIpc) is 2.30. The summed E-state index contributed by atoms with van der Waals surface area (Å²) in [4.78, 5) is 22.6. The summed E-state index contributed by atoms with van der Waals surface area (Å²) in [6, 6.07) is 4.18. The van der Waals surface area contributed by atoms with E-state index in [-0.39, 0.29) is 17.8 Å². The molecule has 1 atom stereocenters. The molecule has 0 heterocycles. The molecule has 3 N–H and O–H groups in total. The molecule has 6 nitrogen and oxygen atoms in total. The summed E-state index contributed by atoms with van der Waals surface area (Å²) < 4.78 is 11.6. The molecule has 0 aliphatic carbocycles. The first kappa shape index (κ1) is 15.9. The molecule has 0 radical (unpaired) electrons. The van der Waals surface area contributed by atoms with Gasteiger partial charge >= 0.3 is 12.0 Å². The highest BCUT2D eigenvalue weighted by Crippen LogP contribution is 2.18. The number of hydrogen-bond acceptors (Lipinski definition) is 3. The first-order valence-corrected chi connectivity index (χ1v) is 8.08. The van der Waals surface area contributed by atoms with E-state index in [1.807, 2.05) is 22.6 Å². The molecule has 19 heavy (non-hydrogen) atoms. The van der Waals surface area contributed by atoms with E-state index in [2.05, 4.69) is 10.6 Å². The smallest absolute Gasteiger partial charge is 0.337 e. The van der Waals surface area contributed by atoms with Crippen LogP contribution in [-0.2, 0) is 10.8 Å². The van der Waals surface area contributed by atoms with Crippen LogP contribution in [0.2, 0.25) is 0 Å². The second-order valence-electron chi connectivity index (χ2n) is 3.65. The van der Waals surface area contributed by atoms with E-state index >= 15 is 0 Å². The van der Waals surface area contributed by atoms with Gasteiger partial charge in [0.2, 0.25) is 0 Å². The first-order chi connectivity index (χ1) is 8.90. The molecule has 0 saturated carbocycles. The predicted octanol–water partition coefficient (Wildman–Crippen LogP) is 1.49. The van der Waals surface area contributed by atoms with Crippen LogP contribution in [0.4, 0.5) is 10.5 Å².